The van der Waals surface area contributed by atoms with E-state index in [0.29, 0.717) is 5.69 Å². The number of carbonyl (C=O) groups is 1. The topological polar surface area (TPSA) is 56.1 Å². The van der Waals surface area contributed by atoms with Gasteiger partial charge in [0.25, 0.3) is 5.91 Å². The summed E-state index contributed by atoms with van der Waals surface area (Å²) in [5, 5.41) is 7.75. The maximum Gasteiger partial charge on any atom is 0.270 e. The maximum absolute atomic E-state index is 12.8. The lowest BCUT2D eigenvalue weighted by Crippen LogP contribution is -2.33. The Morgan fingerprint density at radius 1 is 1.19 bits per heavy atom. The van der Waals surface area contributed by atoms with E-state index >= 15 is 0 Å². The van der Waals surface area contributed by atoms with Crippen molar-refractivity contribution in [2.45, 2.75) is 33.2 Å². The average molecular weight is 363 g/mol. The van der Waals surface area contributed by atoms with Crippen LogP contribution in [0.3, 0.4) is 0 Å². The first kappa shape index (κ1) is 18.7. The third-order valence-electron chi connectivity index (χ3n) is 4.56. The Morgan fingerprint density at radius 3 is 2.56 bits per heavy atom. The van der Waals surface area contributed by atoms with Crippen LogP contribution in [0.1, 0.15) is 36.3 Å². The summed E-state index contributed by atoms with van der Waals surface area (Å²) in [5.41, 5.74) is 4.17. The molecule has 1 amide bonds. The zero-order chi connectivity index (χ0) is 19.4. The van der Waals surface area contributed by atoms with E-state index in [-0.39, 0.29) is 11.9 Å². The van der Waals surface area contributed by atoms with Crippen LogP contribution in [0.4, 0.5) is 0 Å². The van der Waals surface area contributed by atoms with Gasteiger partial charge in [0.1, 0.15) is 11.4 Å². The molecule has 0 aliphatic carbocycles. The SMILES string of the molecule is CCC(C)NC(=O)c1cc(-c2ccc(OC)cc2)nn1-c1cccc(C)c1. The number of nitrogens with one attached hydrogen (secondary N) is 1. The average Bonchev–Trinajstić information content (AvgIpc) is 3.13. The second kappa shape index (κ2) is 8.08. The summed E-state index contributed by atoms with van der Waals surface area (Å²) in [6.07, 6.45) is 0.871. The monoisotopic (exact) mass is 363 g/mol. The van der Waals surface area contributed by atoms with Gasteiger partial charge in [0.15, 0.2) is 0 Å². The first-order valence-corrected chi connectivity index (χ1v) is 9.14. The first-order valence-electron chi connectivity index (χ1n) is 9.14. The molecule has 1 atom stereocenters. The lowest BCUT2D eigenvalue weighted by Gasteiger charge is -2.12. The first-order chi connectivity index (χ1) is 13.0. The van der Waals surface area contributed by atoms with Crippen LogP contribution >= 0.6 is 0 Å². The predicted molar refractivity (Wildman–Crippen MR) is 108 cm³/mol. The summed E-state index contributed by atoms with van der Waals surface area (Å²) < 4.78 is 6.93. The Balaban J connectivity index is 2.06. The highest BCUT2D eigenvalue weighted by molar-refractivity contribution is 5.94. The van der Waals surface area contributed by atoms with Gasteiger partial charge in [-0.1, -0.05) is 19.1 Å². The number of benzene rings is 2. The van der Waals surface area contributed by atoms with Crippen LogP contribution in [0.25, 0.3) is 16.9 Å². The smallest absolute Gasteiger partial charge is 0.270 e. The summed E-state index contributed by atoms with van der Waals surface area (Å²) in [6, 6.07) is 17.6. The van der Waals surface area contributed by atoms with Gasteiger partial charge in [0.2, 0.25) is 0 Å². The number of hydrogen-bond donors (Lipinski definition) is 1. The minimum Gasteiger partial charge on any atom is -0.497 e. The van der Waals surface area contributed by atoms with Crippen LogP contribution < -0.4 is 10.1 Å². The molecule has 0 radical (unpaired) electrons. The number of aromatic nitrogens is 2. The normalized spacial score (nSPS) is 11.9. The minimum absolute atomic E-state index is 0.0998. The third-order valence-corrected chi connectivity index (χ3v) is 4.56. The number of nitrogens with zero attached hydrogens (tertiary/aromatic N) is 2. The molecule has 0 spiro atoms. The van der Waals surface area contributed by atoms with Gasteiger partial charge < -0.3 is 10.1 Å². The molecule has 140 valence electrons. The van der Waals surface area contributed by atoms with Crippen molar-refractivity contribution >= 4 is 5.91 Å². The van der Waals surface area contributed by atoms with E-state index in [1.54, 1.807) is 11.8 Å². The van der Waals surface area contributed by atoms with E-state index in [9.17, 15) is 4.79 Å². The molecule has 5 heteroatoms. The number of carbonyl (C=O) groups excluding carboxylic acids is 1. The standard InChI is InChI=1S/C22H25N3O2/c1-5-16(3)23-22(26)21-14-20(17-9-11-19(27-4)12-10-17)24-25(21)18-8-6-7-15(2)13-18/h6-14,16H,5H2,1-4H3,(H,23,26). The van der Waals surface area contributed by atoms with Crippen molar-refractivity contribution in [2.24, 2.45) is 0 Å². The van der Waals surface area contributed by atoms with Crippen LogP contribution in [0.5, 0.6) is 5.75 Å². The largest absolute Gasteiger partial charge is 0.497 e. The van der Waals surface area contributed by atoms with Gasteiger partial charge >= 0.3 is 0 Å². The lowest BCUT2D eigenvalue weighted by molar-refractivity contribution is 0.0931. The fourth-order valence-corrected chi connectivity index (χ4v) is 2.80. The second-order valence-electron chi connectivity index (χ2n) is 6.68. The molecule has 1 N–H and O–H groups in total. The molecule has 0 aliphatic heterocycles. The molecule has 1 heterocycles. The Labute approximate surface area is 160 Å². The molecular formula is C22H25N3O2. The van der Waals surface area contributed by atoms with Crippen molar-refractivity contribution in [3.05, 3.63) is 65.9 Å². The van der Waals surface area contributed by atoms with Crippen LogP contribution in [-0.2, 0) is 0 Å². The van der Waals surface area contributed by atoms with Crippen molar-refractivity contribution in [1.29, 1.82) is 0 Å². The van der Waals surface area contributed by atoms with Crippen LogP contribution in [0, 0.1) is 6.92 Å². The minimum atomic E-state index is -0.127. The summed E-state index contributed by atoms with van der Waals surface area (Å²) in [5.74, 6) is 0.657. The van der Waals surface area contributed by atoms with Crippen LogP contribution in [0.2, 0.25) is 0 Å². The number of ether oxygens (including phenoxy) is 1. The molecule has 3 rings (SSSR count). The van der Waals surface area contributed by atoms with Gasteiger partial charge in [0, 0.05) is 11.6 Å². The van der Waals surface area contributed by atoms with Gasteiger partial charge in [-0.2, -0.15) is 5.10 Å². The van der Waals surface area contributed by atoms with E-state index in [1.165, 1.54) is 0 Å². The molecule has 1 aromatic heterocycles. The van der Waals surface area contributed by atoms with Gasteiger partial charge in [-0.05, 0) is 68.3 Å². The van der Waals surface area contributed by atoms with Gasteiger partial charge in [-0.25, -0.2) is 4.68 Å². The maximum atomic E-state index is 12.8. The van der Waals surface area contributed by atoms with Crippen molar-refractivity contribution in [2.75, 3.05) is 7.11 Å². The highest BCUT2D eigenvalue weighted by atomic mass is 16.5. The number of aryl methyl sites for hydroxylation is 1. The van der Waals surface area contributed by atoms with E-state index in [0.717, 1.165) is 34.7 Å². The molecule has 0 aliphatic rings. The van der Waals surface area contributed by atoms with Crippen molar-refractivity contribution in [1.82, 2.24) is 15.1 Å². The third kappa shape index (κ3) is 4.19. The van der Waals surface area contributed by atoms with Gasteiger partial charge in [-0.3, -0.25) is 4.79 Å². The fourth-order valence-electron chi connectivity index (χ4n) is 2.80. The number of amides is 1. The molecule has 2 aromatic carbocycles. The van der Waals surface area contributed by atoms with E-state index < -0.39 is 0 Å². The van der Waals surface area contributed by atoms with E-state index in [4.69, 9.17) is 9.84 Å². The molecule has 1 unspecified atom stereocenters. The summed E-state index contributed by atoms with van der Waals surface area (Å²) >= 11 is 0. The number of hydrogen-bond acceptors (Lipinski definition) is 3. The Bertz CT molecular complexity index is 929. The van der Waals surface area contributed by atoms with Crippen LogP contribution in [0.15, 0.2) is 54.6 Å². The molecule has 0 bridgehead atoms. The highest BCUT2D eigenvalue weighted by Gasteiger charge is 2.19. The van der Waals surface area contributed by atoms with Crippen molar-refractivity contribution in [3.63, 3.8) is 0 Å². The molecule has 0 saturated carbocycles. The van der Waals surface area contributed by atoms with Crippen molar-refractivity contribution < 1.29 is 9.53 Å². The highest BCUT2D eigenvalue weighted by Crippen LogP contribution is 2.24. The molecule has 5 nitrogen and oxygen atoms in total. The molecule has 27 heavy (non-hydrogen) atoms. The fraction of sp³-hybridized carbons (Fsp3) is 0.273. The quantitative estimate of drug-likeness (QED) is 0.707. The summed E-state index contributed by atoms with van der Waals surface area (Å²) in [7, 11) is 1.64. The number of methoxy groups -OCH3 is 1. The zero-order valence-electron chi connectivity index (χ0n) is 16.2. The zero-order valence-corrected chi connectivity index (χ0v) is 16.2. The summed E-state index contributed by atoms with van der Waals surface area (Å²) in [4.78, 5) is 12.8. The van der Waals surface area contributed by atoms with Crippen LogP contribution in [-0.4, -0.2) is 28.8 Å². The van der Waals surface area contributed by atoms with E-state index in [1.807, 2.05) is 75.4 Å². The molecular weight excluding hydrogens is 338 g/mol. The van der Waals surface area contributed by atoms with Gasteiger partial charge in [-0.15, -0.1) is 0 Å². The Hall–Kier alpha value is -3.08. The Morgan fingerprint density at radius 2 is 1.93 bits per heavy atom. The lowest BCUT2D eigenvalue weighted by atomic mass is 10.1. The number of rotatable bonds is 6. The molecule has 0 fully saturated rings. The van der Waals surface area contributed by atoms with E-state index in [2.05, 4.69) is 5.32 Å². The van der Waals surface area contributed by atoms with Crippen molar-refractivity contribution in [3.8, 4) is 22.7 Å². The van der Waals surface area contributed by atoms with Gasteiger partial charge in [0.05, 0.1) is 18.5 Å². The predicted octanol–water partition coefficient (Wildman–Crippen LogP) is 4.38. The Kier molecular flexibility index (Phi) is 5.60. The molecule has 3 aromatic rings. The molecule has 0 saturated heterocycles. The second-order valence-corrected chi connectivity index (χ2v) is 6.68. The summed E-state index contributed by atoms with van der Waals surface area (Å²) in [6.45, 7) is 6.07.